The van der Waals surface area contributed by atoms with Crippen LogP contribution in [-0.2, 0) is 9.84 Å². The monoisotopic (exact) mass is 278 g/mol. The van der Waals surface area contributed by atoms with Crippen molar-refractivity contribution in [2.75, 3.05) is 11.6 Å². The molecule has 4 heteroatoms. The molecule has 0 bridgehead atoms. The van der Waals surface area contributed by atoms with Crippen LogP contribution in [0.15, 0.2) is 16.7 Å². The van der Waals surface area contributed by atoms with E-state index in [0.29, 0.717) is 5.92 Å². The lowest BCUT2D eigenvalue weighted by Gasteiger charge is -2.45. The van der Waals surface area contributed by atoms with Gasteiger partial charge in [0.2, 0.25) is 0 Å². The normalized spacial score (nSPS) is 25.1. The molecule has 0 heterocycles. The van der Waals surface area contributed by atoms with E-state index in [1.807, 2.05) is 0 Å². The van der Waals surface area contributed by atoms with Crippen LogP contribution in [0.2, 0.25) is 0 Å². The largest absolute Gasteiger partial charge is 0.224 e. The van der Waals surface area contributed by atoms with E-state index in [-0.39, 0.29) is 5.41 Å². The Morgan fingerprint density at radius 1 is 1.64 bits per heavy atom. The highest BCUT2D eigenvalue weighted by Gasteiger charge is 2.42. The predicted octanol–water partition coefficient (Wildman–Crippen LogP) is 2.51. The van der Waals surface area contributed by atoms with E-state index in [4.69, 9.17) is 0 Å². The molecule has 0 aliphatic heterocycles. The molecule has 2 nitrogen and oxygen atoms in total. The van der Waals surface area contributed by atoms with Gasteiger partial charge in [-0.05, 0) is 23.3 Å². The van der Waals surface area contributed by atoms with Crippen LogP contribution >= 0.6 is 15.9 Å². The van der Waals surface area contributed by atoms with Gasteiger partial charge >= 0.3 is 0 Å². The van der Waals surface area contributed by atoms with Gasteiger partial charge in [0.05, 0.1) is 5.41 Å². The van der Waals surface area contributed by atoms with Crippen molar-refractivity contribution in [3.8, 4) is 0 Å². The Morgan fingerprint density at radius 2 is 2.21 bits per heavy atom. The molecule has 0 aromatic carbocycles. The molecule has 1 saturated carbocycles. The van der Waals surface area contributed by atoms with Gasteiger partial charge in [-0.25, -0.2) is 8.42 Å². The standard InChI is InChI=1S/C10H15BrO2S/c1-10(2)8(6-9(10)7-11)4-5-14(3,12)13/h5,9H,6-7H2,1-3H3. The van der Waals surface area contributed by atoms with Crippen LogP contribution in [0.25, 0.3) is 0 Å². The maximum atomic E-state index is 10.9. The summed E-state index contributed by atoms with van der Waals surface area (Å²) in [5.74, 6) is 0.595. The van der Waals surface area contributed by atoms with E-state index in [9.17, 15) is 8.42 Å². The van der Waals surface area contributed by atoms with Gasteiger partial charge in [0.25, 0.3) is 0 Å². The minimum Gasteiger partial charge on any atom is -0.224 e. The second-order valence-electron chi connectivity index (χ2n) is 4.35. The van der Waals surface area contributed by atoms with E-state index < -0.39 is 9.84 Å². The first-order valence-corrected chi connectivity index (χ1v) is 7.57. The van der Waals surface area contributed by atoms with Crippen LogP contribution in [0.5, 0.6) is 0 Å². The third kappa shape index (κ3) is 2.50. The maximum absolute atomic E-state index is 10.9. The van der Waals surface area contributed by atoms with Crippen molar-refractivity contribution in [2.45, 2.75) is 20.3 Å². The van der Waals surface area contributed by atoms with Crippen molar-refractivity contribution in [3.63, 3.8) is 0 Å². The topological polar surface area (TPSA) is 34.1 Å². The van der Waals surface area contributed by atoms with Crippen LogP contribution in [0.1, 0.15) is 20.3 Å². The zero-order valence-electron chi connectivity index (χ0n) is 8.67. The molecule has 1 rings (SSSR count). The average molecular weight is 279 g/mol. The SMILES string of the molecule is CC1(C)C(=C=CS(C)(=O)=O)CC1CBr. The third-order valence-electron chi connectivity index (χ3n) is 2.88. The van der Waals surface area contributed by atoms with Gasteiger partial charge in [-0.2, -0.15) is 0 Å². The van der Waals surface area contributed by atoms with Gasteiger partial charge in [0, 0.05) is 11.6 Å². The fourth-order valence-electron chi connectivity index (χ4n) is 1.55. The van der Waals surface area contributed by atoms with Crippen molar-refractivity contribution in [1.82, 2.24) is 0 Å². The van der Waals surface area contributed by atoms with Crippen molar-refractivity contribution in [2.24, 2.45) is 11.3 Å². The fourth-order valence-corrected chi connectivity index (χ4v) is 2.95. The minimum absolute atomic E-state index is 0.0880. The molecule has 1 fully saturated rings. The smallest absolute Gasteiger partial charge is 0.175 e. The van der Waals surface area contributed by atoms with Crippen LogP contribution < -0.4 is 0 Å². The lowest BCUT2D eigenvalue weighted by Crippen LogP contribution is -2.38. The second kappa shape index (κ2) is 3.84. The Labute approximate surface area is 94.1 Å². The molecule has 0 radical (unpaired) electrons. The quantitative estimate of drug-likeness (QED) is 0.575. The molecular formula is C10H15BrO2S. The minimum atomic E-state index is -3.04. The van der Waals surface area contributed by atoms with E-state index in [0.717, 1.165) is 17.3 Å². The number of rotatable bonds is 2. The lowest BCUT2D eigenvalue weighted by atomic mass is 9.60. The van der Waals surface area contributed by atoms with E-state index >= 15 is 0 Å². The highest BCUT2D eigenvalue weighted by molar-refractivity contribution is 9.09. The number of halogens is 1. The molecule has 1 aliphatic rings. The van der Waals surface area contributed by atoms with Crippen LogP contribution in [0.4, 0.5) is 0 Å². The summed E-state index contributed by atoms with van der Waals surface area (Å²) >= 11 is 3.45. The Morgan fingerprint density at radius 3 is 2.57 bits per heavy atom. The Bertz CT molecular complexity index is 386. The number of sulfone groups is 1. The lowest BCUT2D eigenvalue weighted by molar-refractivity contribution is 0.194. The molecular weight excluding hydrogens is 264 g/mol. The van der Waals surface area contributed by atoms with Crippen molar-refractivity contribution in [3.05, 3.63) is 16.7 Å². The number of alkyl halides is 1. The number of hydrogen-bond acceptors (Lipinski definition) is 2. The van der Waals surface area contributed by atoms with Gasteiger partial charge in [-0.3, -0.25) is 0 Å². The number of hydrogen-bond donors (Lipinski definition) is 0. The second-order valence-corrected chi connectivity index (χ2v) is 6.89. The first-order valence-electron chi connectivity index (χ1n) is 4.49. The van der Waals surface area contributed by atoms with Crippen LogP contribution in [0, 0.1) is 11.3 Å². The van der Waals surface area contributed by atoms with E-state index in [2.05, 4.69) is 35.5 Å². The molecule has 0 aromatic rings. The Kier molecular flexibility index (Phi) is 3.30. The van der Waals surface area contributed by atoms with Crippen LogP contribution in [-0.4, -0.2) is 20.0 Å². The molecule has 14 heavy (non-hydrogen) atoms. The maximum Gasteiger partial charge on any atom is 0.175 e. The summed E-state index contributed by atoms with van der Waals surface area (Å²) in [6, 6.07) is 0. The molecule has 0 amide bonds. The van der Waals surface area contributed by atoms with Gasteiger partial charge in [0.1, 0.15) is 0 Å². The molecule has 0 N–H and O–H groups in total. The van der Waals surface area contributed by atoms with E-state index in [1.54, 1.807) is 0 Å². The molecule has 1 aliphatic carbocycles. The zero-order chi connectivity index (χ0) is 11.0. The summed E-state index contributed by atoms with van der Waals surface area (Å²) in [5.41, 5.74) is 4.09. The molecule has 1 unspecified atom stereocenters. The van der Waals surface area contributed by atoms with E-state index in [1.165, 1.54) is 11.7 Å². The third-order valence-corrected chi connectivity index (χ3v) is 4.21. The molecule has 80 valence electrons. The molecule has 0 aromatic heterocycles. The van der Waals surface area contributed by atoms with Gasteiger partial charge < -0.3 is 0 Å². The molecule has 0 spiro atoms. The summed E-state index contributed by atoms with van der Waals surface area (Å²) in [6.07, 6.45) is 2.14. The first kappa shape index (κ1) is 12.0. The highest BCUT2D eigenvalue weighted by atomic mass is 79.9. The van der Waals surface area contributed by atoms with Crippen molar-refractivity contribution < 1.29 is 8.42 Å². The Balaban J connectivity index is 2.91. The van der Waals surface area contributed by atoms with Crippen molar-refractivity contribution >= 4 is 25.8 Å². The molecule has 0 saturated heterocycles. The fraction of sp³-hybridized carbons (Fsp3) is 0.700. The van der Waals surface area contributed by atoms with Crippen LogP contribution in [0.3, 0.4) is 0 Å². The summed E-state index contributed by atoms with van der Waals surface area (Å²) in [7, 11) is -3.04. The average Bonchev–Trinajstić information content (AvgIpc) is 2.00. The number of allylic oxidation sites excluding steroid dienone is 1. The summed E-state index contributed by atoms with van der Waals surface area (Å²) < 4.78 is 21.8. The summed E-state index contributed by atoms with van der Waals surface area (Å²) in [6.45, 7) is 4.25. The highest BCUT2D eigenvalue weighted by Crippen LogP contribution is 2.50. The van der Waals surface area contributed by atoms with Crippen molar-refractivity contribution in [1.29, 1.82) is 0 Å². The van der Waals surface area contributed by atoms with Gasteiger partial charge in [0.15, 0.2) is 9.84 Å². The summed E-state index contributed by atoms with van der Waals surface area (Å²) in [4.78, 5) is 0. The van der Waals surface area contributed by atoms with Gasteiger partial charge in [-0.15, -0.1) is 5.73 Å². The summed E-state index contributed by atoms with van der Waals surface area (Å²) in [5, 5.41) is 2.14. The predicted molar refractivity (Wildman–Crippen MR) is 62.1 cm³/mol. The first-order chi connectivity index (χ1) is 6.27. The van der Waals surface area contributed by atoms with Gasteiger partial charge in [-0.1, -0.05) is 29.8 Å². The Hall–Kier alpha value is -0.0500. The molecule has 1 atom stereocenters. The zero-order valence-corrected chi connectivity index (χ0v) is 11.1.